The third-order valence-corrected chi connectivity index (χ3v) is 4.22. The second kappa shape index (κ2) is 6.71. The lowest BCUT2D eigenvalue weighted by Gasteiger charge is -2.18. The van der Waals surface area contributed by atoms with Crippen molar-refractivity contribution in [2.75, 3.05) is 0 Å². The van der Waals surface area contributed by atoms with E-state index in [1.165, 1.54) is 0 Å². The predicted molar refractivity (Wildman–Crippen MR) is 83.2 cm³/mol. The summed E-state index contributed by atoms with van der Waals surface area (Å²) in [4.78, 5) is 16.4. The number of thiazole rings is 1. The van der Waals surface area contributed by atoms with Crippen molar-refractivity contribution < 1.29 is 4.79 Å². The van der Waals surface area contributed by atoms with Crippen LogP contribution in [-0.2, 0) is 7.05 Å². The summed E-state index contributed by atoms with van der Waals surface area (Å²) in [6.07, 6.45) is 4.49. The average molecular weight is 307 g/mol. The first kappa shape index (κ1) is 15.5. The van der Waals surface area contributed by atoms with Crippen LogP contribution in [0.1, 0.15) is 48.6 Å². The molecule has 114 valence electrons. The van der Waals surface area contributed by atoms with Gasteiger partial charge in [0, 0.05) is 30.4 Å². The van der Waals surface area contributed by atoms with Gasteiger partial charge in [-0.1, -0.05) is 6.92 Å². The Morgan fingerprint density at radius 1 is 1.48 bits per heavy atom. The highest BCUT2D eigenvalue weighted by Gasteiger charge is 2.18. The fraction of sp³-hybridized carbons (Fsp3) is 0.500. The highest BCUT2D eigenvalue weighted by molar-refractivity contribution is 7.09. The Morgan fingerprint density at radius 3 is 2.76 bits per heavy atom. The first-order valence-electron chi connectivity index (χ1n) is 6.97. The molecule has 2 atom stereocenters. The number of rotatable bonds is 5. The summed E-state index contributed by atoms with van der Waals surface area (Å²) in [6.45, 7) is 5.92. The molecule has 2 N–H and O–H groups in total. The fourth-order valence-corrected chi connectivity index (χ4v) is 3.04. The third-order valence-electron chi connectivity index (χ3n) is 3.33. The Kier molecular flexibility index (Phi) is 4.95. The summed E-state index contributed by atoms with van der Waals surface area (Å²) in [5.41, 5.74) is 1.95. The average Bonchev–Trinajstić information content (AvgIpc) is 3.05. The topological polar surface area (TPSA) is 71.8 Å². The number of carbonyl (C=O) groups excluding carboxylic acids is 1. The molecule has 0 aliphatic rings. The molecule has 0 saturated heterocycles. The largest absolute Gasteiger partial charge is 0.332 e. The summed E-state index contributed by atoms with van der Waals surface area (Å²) in [5.74, 6) is 0. The van der Waals surface area contributed by atoms with E-state index in [1.54, 1.807) is 22.2 Å². The molecule has 0 saturated carbocycles. The molecule has 2 aromatic rings. The Balaban J connectivity index is 1.96. The van der Waals surface area contributed by atoms with E-state index in [2.05, 4.69) is 20.7 Å². The minimum Gasteiger partial charge on any atom is -0.332 e. The normalized spacial score (nSPS) is 13.7. The van der Waals surface area contributed by atoms with Gasteiger partial charge in [-0.15, -0.1) is 11.3 Å². The van der Waals surface area contributed by atoms with Gasteiger partial charge in [0.05, 0.1) is 17.8 Å². The number of nitrogens with zero attached hydrogens (tertiary/aromatic N) is 3. The van der Waals surface area contributed by atoms with E-state index in [-0.39, 0.29) is 18.1 Å². The first-order valence-corrected chi connectivity index (χ1v) is 7.85. The predicted octanol–water partition coefficient (Wildman–Crippen LogP) is 2.70. The van der Waals surface area contributed by atoms with Crippen LogP contribution in [0.25, 0.3) is 0 Å². The van der Waals surface area contributed by atoms with Crippen LogP contribution in [0.2, 0.25) is 0 Å². The van der Waals surface area contributed by atoms with Crippen LogP contribution in [0.5, 0.6) is 0 Å². The lowest BCUT2D eigenvalue weighted by Crippen LogP contribution is -2.39. The Hall–Kier alpha value is -1.89. The van der Waals surface area contributed by atoms with Crippen LogP contribution >= 0.6 is 11.3 Å². The molecule has 7 heteroatoms. The van der Waals surface area contributed by atoms with Crippen LogP contribution < -0.4 is 10.6 Å². The summed E-state index contributed by atoms with van der Waals surface area (Å²) in [6, 6.07) is -0.326. The van der Waals surface area contributed by atoms with Gasteiger partial charge in [0.1, 0.15) is 5.01 Å². The lowest BCUT2D eigenvalue weighted by molar-refractivity contribution is 0.233. The fourth-order valence-electron chi connectivity index (χ4n) is 2.26. The van der Waals surface area contributed by atoms with Gasteiger partial charge in [0.25, 0.3) is 0 Å². The van der Waals surface area contributed by atoms with Crippen molar-refractivity contribution in [1.82, 2.24) is 25.4 Å². The minimum atomic E-state index is -0.187. The molecule has 2 rings (SSSR count). The van der Waals surface area contributed by atoms with Crippen molar-refractivity contribution in [3.05, 3.63) is 34.0 Å². The molecule has 0 aromatic carbocycles. The van der Waals surface area contributed by atoms with E-state index in [0.717, 1.165) is 22.7 Å². The van der Waals surface area contributed by atoms with Gasteiger partial charge in [-0.2, -0.15) is 5.10 Å². The quantitative estimate of drug-likeness (QED) is 0.892. The Labute approximate surface area is 128 Å². The van der Waals surface area contributed by atoms with Crippen LogP contribution in [0.4, 0.5) is 4.79 Å². The van der Waals surface area contributed by atoms with Gasteiger partial charge < -0.3 is 10.6 Å². The van der Waals surface area contributed by atoms with E-state index in [9.17, 15) is 4.79 Å². The molecule has 0 aliphatic carbocycles. The highest BCUT2D eigenvalue weighted by Crippen LogP contribution is 2.19. The number of amides is 2. The van der Waals surface area contributed by atoms with Gasteiger partial charge in [-0.25, -0.2) is 9.78 Å². The zero-order valence-electron chi connectivity index (χ0n) is 12.8. The molecule has 21 heavy (non-hydrogen) atoms. The highest BCUT2D eigenvalue weighted by atomic mass is 32.1. The molecule has 0 bridgehead atoms. The van der Waals surface area contributed by atoms with Crippen LogP contribution in [-0.4, -0.2) is 20.8 Å². The van der Waals surface area contributed by atoms with Gasteiger partial charge in [-0.05, 0) is 20.3 Å². The molecule has 0 radical (unpaired) electrons. The van der Waals surface area contributed by atoms with Gasteiger partial charge in [-0.3, -0.25) is 4.68 Å². The van der Waals surface area contributed by atoms with Crippen molar-refractivity contribution in [3.8, 4) is 0 Å². The lowest BCUT2D eigenvalue weighted by atomic mass is 10.1. The number of aryl methyl sites for hydroxylation is 2. The molecule has 2 amide bonds. The third kappa shape index (κ3) is 3.81. The minimum absolute atomic E-state index is 0.0489. The molecule has 0 spiro atoms. The molecule has 2 aromatic heterocycles. The maximum atomic E-state index is 12.1. The summed E-state index contributed by atoms with van der Waals surface area (Å²) >= 11 is 1.55. The van der Waals surface area contributed by atoms with Crippen molar-refractivity contribution in [3.63, 3.8) is 0 Å². The molecular weight excluding hydrogens is 286 g/mol. The van der Waals surface area contributed by atoms with Crippen molar-refractivity contribution in [1.29, 1.82) is 0 Å². The second-order valence-corrected chi connectivity index (χ2v) is 5.94. The van der Waals surface area contributed by atoms with Gasteiger partial charge in [0.15, 0.2) is 0 Å². The molecule has 0 unspecified atom stereocenters. The summed E-state index contributed by atoms with van der Waals surface area (Å²) in [5, 5.41) is 13.1. The van der Waals surface area contributed by atoms with E-state index in [4.69, 9.17) is 0 Å². The van der Waals surface area contributed by atoms with E-state index in [1.807, 2.05) is 39.4 Å². The van der Waals surface area contributed by atoms with Gasteiger partial charge in [0.2, 0.25) is 0 Å². The SMILES string of the molecule is CC[C@@H](NC(=O)N[C@H](C)c1cn(C)nc1C)c1nccs1. The number of nitrogens with one attached hydrogen (secondary N) is 2. The zero-order chi connectivity index (χ0) is 15.4. The zero-order valence-corrected chi connectivity index (χ0v) is 13.6. The number of carbonyl (C=O) groups is 1. The molecular formula is C14H21N5OS. The van der Waals surface area contributed by atoms with E-state index < -0.39 is 0 Å². The van der Waals surface area contributed by atoms with E-state index >= 15 is 0 Å². The van der Waals surface area contributed by atoms with Crippen LogP contribution in [0, 0.1) is 6.92 Å². The molecule has 6 nitrogen and oxygen atoms in total. The standard InChI is InChI=1S/C14H21N5OS/c1-5-12(13-15-6-7-21-13)17-14(20)16-9(2)11-8-19(4)18-10(11)3/h6-9,12H,5H2,1-4H3,(H2,16,17,20)/t9-,12-/m1/s1. The van der Waals surface area contributed by atoms with Crippen LogP contribution in [0.3, 0.4) is 0 Å². The number of hydrogen-bond acceptors (Lipinski definition) is 4. The first-order chi connectivity index (χ1) is 10.0. The van der Waals surface area contributed by atoms with E-state index in [0.29, 0.717) is 0 Å². The van der Waals surface area contributed by atoms with Crippen molar-refractivity contribution in [2.45, 2.75) is 39.3 Å². The van der Waals surface area contributed by atoms with Gasteiger partial charge >= 0.3 is 6.03 Å². The molecule has 0 aliphatic heterocycles. The van der Waals surface area contributed by atoms with Crippen molar-refractivity contribution in [2.24, 2.45) is 7.05 Å². The number of hydrogen-bond donors (Lipinski definition) is 2. The molecule has 2 heterocycles. The molecule has 0 fully saturated rings. The van der Waals surface area contributed by atoms with Crippen molar-refractivity contribution >= 4 is 17.4 Å². The smallest absolute Gasteiger partial charge is 0.315 e. The van der Waals surface area contributed by atoms with Crippen LogP contribution in [0.15, 0.2) is 17.8 Å². The monoisotopic (exact) mass is 307 g/mol. The summed E-state index contributed by atoms with van der Waals surface area (Å²) < 4.78 is 1.76. The maximum absolute atomic E-state index is 12.1. The number of aromatic nitrogens is 3. The Morgan fingerprint density at radius 2 is 2.24 bits per heavy atom. The Bertz CT molecular complexity index is 593. The summed E-state index contributed by atoms with van der Waals surface area (Å²) in [7, 11) is 1.87. The maximum Gasteiger partial charge on any atom is 0.315 e. The second-order valence-electron chi connectivity index (χ2n) is 5.01. The number of urea groups is 1.